The third-order valence-electron chi connectivity index (χ3n) is 16.8. The summed E-state index contributed by atoms with van der Waals surface area (Å²) in [5.74, 6) is 5.87. The van der Waals surface area contributed by atoms with Gasteiger partial charge in [-0.05, 0) is 104 Å². The van der Waals surface area contributed by atoms with Gasteiger partial charge in [-0.2, -0.15) is 0 Å². The number of fused-ring (bicyclic) bond motifs is 1. The van der Waals surface area contributed by atoms with Gasteiger partial charge < -0.3 is 40.2 Å². The maximum Gasteiger partial charge on any atom is 0.246 e. The van der Waals surface area contributed by atoms with Crippen LogP contribution >= 0.6 is 11.3 Å². The number of carbonyl (C=O) groups is 4. The van der Waals surface area contributed by atoms with Crippen LogP contribution in [-0.2, 0) is 32.3 Å². The Kier molecular flexibility index (Phi) is 22.0. The van der Waals surface area contributed by atoms with Crippen LogP contribution < -0.4 is 21.4 Å². The van der Waals surface area contributed by atoms with E-state index in [-0.39, 0.29) is 55.3 Å². The molecule has 2 aliphatic rings. The number of nitrogens with zero attached hydrogens (tertiary/aromatic N) is 5. The van der Waals surface area contributed by atoms with Crippen molar-refractivity contribution in [1.29, 1.82) is 5.41 Å². The van der Waals surface area contributed by atoms with Crippen molar-refractivity contribution in [2.45, 2.75) is 180 Å². The molecule has 1 aliphatic carbocycles. The second-order valence-electron chi connectivity index (χ2n) is 24.4. The zero-order valence-electron chi connectivity index (χ0n) is 50.5. The van der Waals surface area contributed by atoms with Gasteiger partial charge in [0.25, 0.3) is 0 Å². The van der Waals surface area contributed by atoms with Crippen LogP contribution in [0.15, 0.2) is 121 Å². The van der Waals surface area contributed by atoms with E-state index >= 15 is 0 Å². The summed E-state index contributed by atoms with van der Waals surface area (Å²) in [5, 5.41) is 40.4. The molecule has 7 aromatic rings. The highest BCUT2D eigenvalue weighted by Gasteiger charge is 2.44. The van der Waals surface area contributed by atoms with Crippen LogP contribution in [0.3, 0.4) is 0 Å². The predicted octanol–water partition coefficient (Wildman–Crippen LogP) is 11.6. The normalized spacial score (nSPS) is 17.2. The average Bonchev–Trinajstić information content (AvgIpc) is 1.62. The molecule has 1 aliphatic heterocycles. The summed E-state index contributed by atoms with van der Waals surface area (Å²) in [6, 6.07) is 35.4. The smallest absolute Gasteiger partial charge is 0.246 e. The number of thiazole rings is 1. The standard InChI is InChI=1S/C70H85N9O6S/c1-48-64(86-47-75-48)54-34-32-50(33-35-54)43-73-68(84)58-42-57(81)45-77(58)69(85)65(70(2,3)4)76-60(83)31-20-8-6-5-7-11-21-40-72-59(82)30-19-10-9-14-23-49-24-22-25-51(41-49)44-78-63(53-28-17-13-18-29-53)61(52-26-15-12-16-27-52)62-66(71)79(46-74-67(62)78)55-36-38-56(80)39-37-55/h12-13,15-18,22,24-29,32-35,41,46-47,55-58,65,71,80-81H,5-11,19-21,30-31,36-40,42-45H2,1-4H3,(H,72,82)(H,73,84)(H,76,83)/t55?,56?,57-,58+,65-/m1/s1. The van der Waals surface area contributed by atoms with Crippen molar-refractivity contribution >= 4 is 46.0 Å². The van der Waals surface area contributed by atoms with Crippen LogP contribution in [0, 0.1) is 29.6 Å². The van der Waals surface area contributed by atoms with E-state index in [0.717, 1.165) is 143 Å². The molecule has 0 bridgehead atoms. The lowest BCUT2D eigenvalue weighted by Crippen LogP contribution is -2.57. The summed E-state index contributed by atoms with van der Waals surface area (Å²) in [6.45, 7) is 9.15. The van der Waals surface area contributed by atoms with E-state index in [0.29, 0.717) is 44.3 Å². The molecule has 0 spiro atoms. The number of amides is 4. The number of benzene rings is 4. The Morgan fingerprint density at radius 1 is 0.733 bits per heavy atom. The highest BCUT2D eigenvalue weighted by molar-refractivity contribution is 7.13. The van der Waals surface area contributed by atoms with Gasteiger partial charge in [0.05, 0.1) is 45.7 Å². The number of hydrogen-bond donors (Lipinski definition) is 6. The zero-order chi connectivity index (χ0) is 60.6. The Morgan fingerprint density at radius 2 is 1.41 bits per heavy atom. The highest BCUT2D eigenvalue weighted by Crippen LogP contribution is 2.40. The zero-order valence-corrected chi connectivity index (χ0v) is 51.3. The van der Waals surface area contributed by atoms with Gasteiger partial charge in [0.15, 0.2) is 0 Å². The molecule has 6 N–H and O–H groups in total. The first-order valence-electron chi connectivity index (χ1n) is 31.0. The third kappa shape index (κ3) is 16.4. The van der Waals surface area contributed by atoms with Gasteiger partial charge in [-0.25, -0.2) is 9.97 Å². The molecule has 15 nitrogen and oxygen atoms in total. The van der Waals surface area contributed by atoms with Gasteiger partial charge in [-0.3, -0.25) is 24.6 Å². The molecule has 452 valence electrons. The van der Waals surface area contributed by atoms with E-state index in [9.17, 15) is 34.8 Å². The lowest BCUT2D eigenvalue weighted by atomic mass is 9.85. The first-order chi connectivity index (χ1) is 41.6. The van der Waals surface area contributed by atoms with Crippen LogP contribution in [-0.4, -0.2) is 95.2 Å². The number of carbonyl (C=O) groups excluding carboxylic acids is 4. The van der Waals surface area contributed by atoms with E-state index in [2.05, 4.69) is 85.9 Å². The molecule has 9 rings (SSSR count). The number of nitrogens with one attached hydrogen (secondary N) is 4. The molecule has 3 atom stereocenters. The van der Waals surface area contributed by atoms with Gasteiger partial charge in [-0.1, -0.05) is 162 Å². The Morgan fingerprint density at radius 3 is 2.10 bits per heavy atom. The number of likely N-dealkylation sites (tertiary alicyclic amines) is 1. The van der Waals surface area contributed by atoms with Crippen LogP contribution in [0.25, 0.3) is 43.9 Å². The number of aliphatic hydroxyl groups is 2. The minimum atomic E-state index is -0.860. The van der Waals surface area contributed by atoms with Crippen LogP contribution in [0.2, 0.25) is 0 Å². The Bertz CT molecular complexity index is 3530. The van der Waals surface area contributed by atoms with Crippen molar-refractivity contribution in [3.05, 3.63) is 149 Å². The van der Waals surface area contributed by atoms with Crippen molar-refractivity contribution in [3.8, 4) is 44.7 Å². The number of β-amino-alcohol motifs (C(OH)–C–C–N with tert-alkyl or cyclic N) is 1. The maximum atomic E-state index is 14.1. The monoisotopic (exact) mass is 1180 g/mol. The Labute approximate surface area is 510 Å². The quantitative estimate of drug-likeness (QED) is 0.0239. The molecule has 0 unspecified atom stereocenters. The Balaban J connectivity index is 0.663. The number of rotatable bonds is 25. The molecule has 4 amide bonds. The number of aliphatic hydroxyl groups excluding tert-OH is 2. The molecular formula is C70H85N9O6S. The van der Waals surface area contributed by atoms with Crippen molar-refractivity contribution in [3.63, 3.8) is 0 Å². The molecule has 1 saturated heterocycles. The maximum absolute atomic E-state index is 14.1. The largest absolute Gasteiger partial charge is 0.393 e. The molecule has 3 aromatic heterocycles. The van der Waals surface area contributed by atoms with Crippen LogP contribution in [0.4, 0.5) is 0 Å². The van der Waals surface area contributed by atoms with E-state index in [1.807, 2.05) is 105 Å². The van der Waals surface area contributed by atoms with Crippen LogP contribution in [0.1, 0.15) is 158 Å². The first-order valence-corrected chi connectivity index (χ1v) is 31.9. The van der Waals surface area contributed by atoms with Crippen molar-refractivity contribution in [1.82, 2.24) is 40.0 Å². The lowest BCUT2D eigenvalue weighted by molar-refractivity contribution is -0.144. The van der Waals surface area contributed by atoms with Gasteiger partial charge in [0.2, 0.25) is 23.6 Å². The minimum Gasteiger partial charge on any atom is -0.393 e. The average molecular weight is 1180 g/mol. The second kappa shape index (κ2) is 30.1. The topological polar surface area (TPSA) is 208 Å². The third-order valence-corrected chi connectivity index (χ3v) is 17.8. The van der Waals surface area contributed by atoms with E-state index in [1.54, 1.807) is 11.3 Å². The molecule has 4 aromatic carbocycles. The highest BCUT2D eigenvalue weighted by atomic mass is 32.1. The Hall–Kier alpha value is -7.71. The number of hydrogen-bond acceptors (Lipinski definition) is 10. The summed E-state index contributed by atoms with van der Waals surface area (Å²) in [5.41, 5.74) is 11.4. The summed E-state index contributed by atoms with van der Waals surface area (Å²) in [6.07, 6.45) is 13.5. The van der Waals surface area contributed by atoms with Crippen LogP contribution in [0.5, 0.6) is 0 Å². The van der Waals surface area contributed by atoms with Gasteiger partial charge in [-0.15, -0.1) is 11.3 Å². The molecule has 86 heavy (non-hydrogen) atoms. The second-order valence-corrected chi connectivity index (χ2v) is 25.3. The SMILES string of the molecule is Cc1ncsc1-c1ccc(CNC(=O)[C@@H]2C[C@@H](O)CN2C(=O)[C@@H](NC(=O)CCCCCCCCCNC(=O)CCCCC#Cc2cccc(Cn3c(-c4ccccc4)c(-c4ccccc4)c4c(=N)n(C5CCC(O)CC5)cnc43)c2)C(C)(C)C)cc1. The van der Waals surface area contributed by atoms with Crippen molar-refractivity contribution in [2.75, 3.05) is 13.1 Å². The van der Waals surface area contributed by atoms with E-state index in [1.165, 1.54) is 4.90 Å². The van der Waals surface area contributed by atoms with E-state index < -0.39 is 23.6 Å². The molecule has 16 heteroatoms. The molecular weight excluding hydrogens is 1090 g/mol. The van der Waals surface area contributed by atoms with E-state index in [4.69, 9.17) is 4.98 Å². The van der Waals surface area contributed by atoms with Gasteiger partial charge >= 0.3 is 0 Å². The molecule has 4 heterocycles. The van der Waals surface area contributed by atoms with Crippen molar-refractivity contribution in [2.24, 2.45) is 5.41 Å². The summed E-state index contributed by atoms with van der Waals surface area (Å²) < 4.78 is 4.26. The number of unbranched alkanes of at least 4 members (excludes halogenated alkanes) is 8. The fourth-order valence-electron chi connectivity index (χ4n) is 12.0. The molecule has 0 radical (unpaired) electrons. The summed E-state index contributed by atoms with van der Waals surface area (Å²) in [7, 11) is 0. The summed E-state index contributed by atoms with van der Waals surface area (Å²) in [4.78, 5) is 65.5. The number of aromatic nitrogens is 4. The van der Waals surface area contributed by atoms with Gasteiger partial charge in [0, 0.05) is 69.0 Å². The fraction of sp³-hybridized carbons (Fsp3) is 0.443. The first kappa shape index (κ1) is 62.8. The summed E-state index contributed by atoms with van der Waals surface area (Å²) >= 11 is 1.58. The van der Waals surface area contributed by atoms with Gasteiger partial charge in [0.1, 0.15) is 23.2 Å². The van der Waals surface area contributed by atoms with Crippen molar-refractivity contribution < 1.29 is 29.4 Å². The fourth-order valence-corrected chi connectivity index (χ4v) is 12.8. The lowest BCUT2D eigenvalue weighted by Gasteiger charge is -2.35. The minimum absolute atomic E-state index is 0.0269. The number of aryl methyl sites for hydroxylation is 1. The molecule has 2 fully saturated rings. The predicted molar refractivity (Wildman–Crippen MR) is 340 cm³/mol. The molecule has 1 saturated carbocycles.